The molecule has 7 nitrogen and oxygen atoms in total. The molecule has 0 radical (unpaired) electrons. The minimum atomic E-state index is -0.00876. The van der Waals surface area contributed by atoms with Crippen LogP contribution in [0.2, 0.25) is 0 Å². The van der Waals surface area contributed by atoms with Crippen LogP contribution in [0.15, 0.2) is 36.8 Å². The Balaban J connectivity index is 1.56. The zero-order valence-electron chi connectivity index (χ0n) is 11.7. The van der Waals surface area contributed by atoms with Gasteiger partial charge in [0.05, 0.1) is 18.4 Å². The summed E-state index contributed by atoms with van der Waals surface area (Å²) in [6.07, 6.45) is 5.17. The Morgan fingerprint density at radius 1 is 1.33 bits per heavy atom. The van der Waals surface area contributed by atoms with E-state index >= 15 is 0 Å². The molecule has 3 heterocycles. The van der Waals surface area contributed by atoms with E-state index in [2.05, 4.69) is 25.6 Å². The second kappa shape index (κ2) is 6.47. The summed E-state index contributed by atoms with van der Waals surface area (Å²) < 4.78 is 1.67. The molecule has 1 amide bonds. The third-order valence-electron chi connectivity index (χ3n) is 3.35. The van der Waals surface area contributed by atoms with E-state index in [4.69, 9.17) is 0 Å². The quantitative estimate of drug-likeness (QED) is 0.834. The lowest BCUT2D eigenvalue weighted by Crippen LogP contribution is -2.46. The van der Waals surface area contributed by atoms with E-state index in [1.807, 2.05) is 24.4 Å². The summed E-state index contributed by atoms with van der Waals surface area (Å²) in [7, 11) is 0. The smallest absolute Gasteiger partial charge is 0.238 e. The minimum Gasteiger partial charge on any atom is -0.324 e. The summed E-state index contributed by atoms with van der Waals surface area (Å²) in [6, 6.07) is 5.50. The average molecular weight is 286 g/mol. The monoisotopic (exact) mass is 286 g/mol. The number of pyridine rings is 1. The predicted octanol–water partition coefficient (Wildman–Crippen LogP) is 0.111. The van der Waals surface area contributed by atoms with Gasteiger partial charge in [-0.3, -0.25) is 9.69 Å². The summed E-state index contributed by atoms with van der Waals surface area (Å²) in [6.45, 7) is 4.11. The average Bonchev–Trinajstić information content (AvgIpc) is 3.03. The second-order valence-corrected chi connectivity index (χ2v) is 4.93. The van der Waals surface area contributed by atoms with Gasteiger partial charge in [-0.15, -0.1) is 0 Å². The van der Waals surface area contributed by atoms with E-state index in [0.29, 0.717) is 12.2 Å². The molecule has 1 aliphatic rings. The van der Waals surface area contributed by atoms with Crippen LogP contribution >= 0.6 is 0 Å². The molecule has 0 saturated carbocycles. The Bertz CT molecular complexity index is 574. The van der Waals surface area contributed by atoms with Crippen molar-refractivity contribution < 1.29 is 4.79 Å². The van der Waals surface area contributed by atoms with Crippen molar-refractivity contribution in [1.82, 2.24) is 25.0 Å². The first kappa shape index (κ1) is 13.7. The number of anilines is 1. The molecule has 3 rings (SSSR count). The molecular formula is C14H18N6O. The van der Waals surface area contributed by atoms with Gasteiger partial charge in [-0.25, -0.2) is 9.67 Å². The maximum Gasteiger partial charge on any atom is 0.238 e. The fourth-order valence-electron chi connectivity index (χ4n) is 2.27. The van der Waals surface area contributed by atoms with Gasteiger partial charge in [0, 0.05) is 38.6 Å². The maximum absolute atomic E-state index is 12.0. The summed E-state index contributed by atoms with van der Waals surface area (Å²) in [5.74, 6) is 0.714. The molecule has 2 aromatic heterocycles. The summed E-state index contributed by atoms with van der Waals surface area (Å²) in [5.41, 5.74) is 0.700. The molecule has 21 heavy (non-hydrogen) atoms. The fourth-order valence-corrected chi connectivity index (χ4v) is 2.27. The lowest BCUT2D eigenvalue weighted by atomic mass is 10.3. The number of carbonyl (C=O) groups excluding carboxylic acids is 1. The molecular weight excluding hydrogens is 268 g/mol. The van der Waals surface area contributed by atoms with Gasteiger partial charge >= 0.3 is 0 Å². The molecule has 0 bridgehead atoms. The van der Waals surface area contributed by atoms with Crippen molar-refractivity contribution in [3.63, 3.8) is 0 Å². The van der Waals surface area contributed by atoms with E-state index in [-0.39, 0.29) is 5.91 Å². The highest BCUT2D eigenvalue weighted by Gasteiger charge is 2.13. The molecule has 2 N–H and O–H groups in total. The van der Waals surface area contributed by atoms with Crippen molar-refractivity contribution in [3.8, 4) is 5.82 Å². The Morgan fingerprint density at radius 3 is 2.86 bits per heavy atom. The molecule has 0 atom stereocenters. The van der Waals surface area contributed by atoms with Crippen LogP contribution in [0.3, 0.4) is 0 Å². The SMILES string of the molecule is O=C(CN1CCNCC1)Nc1ccc(-n2cccn2)nc1. The molecule has 0 aromatic carbocycles. The van der Waals surface area contributed by atoms with E-state index in [9.17, 15) is 4.79 Å². The predicted molar refractivity (Wildman–Crippen MR) is 79.3 cm³/mol. The largest absolute Gasteiger partial charge is 0.324 e. The number of carbonyl (C=O) groups is 1. The number of hydrogen-bond acceptors (Lipinski definition) is 5. The first-order valence-corrected chi connectivity index (χ1v) is 7.00. The third kappa shape index (κ3) is 3.65. The van der Waals surface area contributed by atoms with Crippen molar-refractivity contribution in [2.75, 3.05) is 38.0 Å². The molecule has 1 fully saturated rings. The van der Waals surface area contributed by atoms with Gasteiger partial charge in [0.15, 0.2) is 5.82 Å². The van der Waals surface area contributed by atoms with Crippen LogP contribution in [0.4, 0.5) is 5.69 Å². The topological polar surface area (TPSA) is 75.1 Å². The standard InChI is InChI=1S/C14H18N6O/c21-14(11-19-8-5-15-6-9-19)18-12-2-3-13(16-10-12)20-7-1-4-17-20/h1-4,7,10,15H,5-6,8-9,11H2,(H,18,21). The molecule has 1 saturated heterocycles. The van der Waals surface area contributed by atoms with Crippen molar-refractivity contribution in [2.45, 2.75) is 0 Å². The van der Waals surface area contributed by atoms with E-state index in [0.717, 1.165) is 32.0 Å². The van der Waals surface area contributed by atoms with Crippen LogP contribution in [-0.4, -0.2) is 58.3 Å². The molecule has 0 unspecified atom stereocenters. The zero-order valence-corrected chi connectivity index (χ0v) is 11.7. The Kier molecular flexibility index (Phi) is 4.23. The molecule has 1 aliphatic heterocycles. The zero-order chi connectivity index (χ0) is 14.5. The van der Waals surface area contributed by atoms with Gasteiger partial charge in [-0.1, -0.05) is 0 Å². The van der Waals surface area contributed by atoms with Gasteiger partial charge in [0.25, 0.3) is 0 Å². The molecule has 7 heteroatoms. The first-order valence-electron chi connectivity index (χ1n) is 7.00. The number of piperazine rings is 1. The number of amides is 1. The van der Waals surface area contributed by atoms with Crippen LogP contribution in [0.5, 0.6) is 0 Å². The van der Waals surface area contributed by atoms with Crippen molar-refractivity contribution in [2.24, 2.45) is 0 Å². The van der Waals surface area contributed by atoms with Crippen LogP contribution in [0.25, 0.3) is 5.82 Å². The van der Waals surface area contributed by atoms with Gasteiger partial charge in [0.2, 0.25) is 5.91 Å². The maximum atomic E-state index is 12.0. The van der Waals surface area contributed by atoms with Gasteiger partial charge < -0.3 is 10.6 Å². The summed E-state index contributed by atoms with van der Waals surface area (Å²) in [4.78, 5) is 18.4. The molecule has 110 valence electrons. The van der Waals surface area contributed by atoms with Crippen LogP contribution < -0.4 is 10.6 Å². The number of nitrogens with one attached hydrogen (secondary N) is 2. The lowest BCUT2D eigenvalue weighted by molar-refractivity contribution is -0.117. The highest BCUT2D eigenvalue weighted by molar-refractivity contribution is 5.92. The van der Waals surface area contributed by atoms with Crippen LogP contribution in [-0.2, 0) is 4.79 Å². The van der Waals surface area contributed by atoms with Crippen molar-refractivity contribution >= 4 is 11.6 Å². The first-order chi connectivity index (χ1) is 10.3. The summed E-state index contributed by atoms with van der Waals surface area (Å²) in [5, 5.41) is 10.2. The Morgan fingerprint density at radius 2 is 2.19 bits per heavy atom. The van der Waals surface area contributed by atoms with E-state index < -0.39 is 0 Å². The highest BCUT2D eigenvalue weighted by Crippen LogP contribution is 2.09. The van der Waals surface area contributed by atoms with Crippen molar-refractivity contribution in [3.05, 3.63) is 36.8 Å². The Labute approximate surface area is 123 Å². The van der Waals surface area contributed by atoms with E-state index in [1.54, 1.807) is 17.1 Å². The minimum absolute atomic E-state index is 0.00876. The second-order valence-electron chi connectivity index (χ2n) is 4.93. The number of rotatable bonds is 4. The lowest BCUT2D eigenvalue weighted by Gasteiger charge is -2.26. The molecule has 0 spiro atoms. The van der Waals surface area contributed by atoms with Crippen molar-refractivity contribution in [1.29, 1.82) is 0 Å². The number of hydrogen-bond donors (Lipinski definition) is 2. The molecule has 0 aliphatic carbocycles. The number of nitrogens with zero attached hydrogens (tertiary/aromatic N) is 4. The highest BCUT2D eigenvalue weighted by atomic mass is 16.2. The Hall–Kier alpha value is -2.25. The summed E-state index contributed by atoms with van der Waals surface area (Å²) >= 11 is 0. The fraction of sp³-hybridized carbons (Fsp3) is 0.357. The van der Waals surface area contributed by atoms with Gasteiger partial charge in [-0.05, 0) is 18.2 Å². The van der Waals surface area contributed by atoms with E-state index in [1.165, 1.54) is 0 Å². The number of aromatic nitrogens is 3. The van der Waals surface area contributed by atoms with Crippen LogP contribution in [0.1, 0.15) is 0 Å². The van der Waals surface area contributed by atoms with Gasteiger partial charge in [0.1, 0.15) is 0 Å². The third-order valence-corrected chi connectivity index (χ3v) is 3.35. The van der Waals surface area contributed by atoms with Gasteiger partial charge in [-0.2, -0.15) is 5.10 Å². The normalized spacial score (nSPS) is 15.8. The molecule has 2 aromatic rings. The van der Waals surface area contributed by atoms with Crippen LogP contribution in [0, 0.1) is 0 Å².